The molecule has 0 radical (unpaired) electrons. The Labute approximate surface area is 156 Å². The molecule has 1 aromatic rings. The number of hydrogen-bond acceptors (Lipinski definition) is 3. The van der Waals surface area contributed by atoms with Gasteiger partial charge >= 0.3 is 0 Å². The second-order valence-corrected chi connectivity index (χ2v) is 7.89. The molecule has 2 unspecified atom stereocenters. The summed E-state index contributed by atoms with van der Waals surface area (Å²) in [7, 11) is 4.17. The van der Waals surface area contributed by atoms with E-state index in [1.165, 1.54) is 0 Å². The lowest BCUT2D eigenvalue weighted by Crippen LogP contribution is -2.52. The molecule has 0 N–H and O–H groups in total. The van der Waals surface area contributed by atoms with E-state index in [-0.39, 0.29) is 17.7 Å². The topological polar surface area (TPSA) is 43.9 Å². The lowest BCUT2D eigenvalue weighted by atomic mass is 9.94. The van der Waals surface area contributed by atoms with E-state index in [9.17, 15) is 9.59 Å². The molecular weight excluding hydrogens is 326 g/mol. The molecule has 5 nitrogen and oxygen atoms in total. The zero-order chi connectivity index (χ0) is 18.5. The number of nitrogens with zero attached hydrogens (tertiary/aromatic N) is 3. The number of benzene rings is 1. The van der Waals surface area contributed by atoms with Gasteiger partial charge in [0, 0.05) is 32.2 Å². The maximum atomic E-state index is 13.0. The van der Waals surface area contributed by atoms with Crippen LogP contribution in [0.15, 0.2) is 30.3 Å². The fourth-order valence-electron chi connectivity index (χ4n) is 4.12. The average Bonchev–Trinajstić information content (AvgIpc) is 2.68. The van der Waals surface area contributed by atoms with Crippen molar-refractivity contribution in [2.75, 3.05) is 40.3 Å². The Bertz CT molecular complexity index is 617. The van der Waals surface area contributed by atoms with Crippen LogP contribution in [0.2, 0.25) is 0 Å². The van der Waals surface area contributed by atoms with Gasteiger partial charge in [-0.2, -0.15) is 0 Å². The summed E-state index contributed by atoms with van der Waals surface area (Å²) in [5.41, 5.74) is 1.04. The minimum atomic E-state index is -0.0376. The molecule has 2 fully saturated rings. The molecular formula is C21H31N3O2. The third-order valence-corrected chi connectivity index (χ3v) is 5.76. The Morgan fingerprint density at radius 2 is 1.69 bits per heavy atom. The number of likely N-dealkylation sites (tertiary alicyclic amines) is 2. The van der Waals surface area contributed by atoms with Crippen LogP contribution in [0.4, 0.5) is 0 Å². The lowest BCUT2D eigenvalue weighted by molar-refractivity contribution is -0.142. The molecule has 0 saturated carbocycles. The molecule has 2 saturated heterocycles. The third-order valence-electron chi connectivity index (χ3n) is 5.76. The van der Waals surface area contributed by atoms with E-state index in [4.69, 9.17) is 0 Å². The Balaban J connectivity index is 1.57. The first-order chi connectivity index (χ1) is 12.5. The van der Waals surface area contributed by atoms with Crippen molar-refractivity contribution in [2.24, 2.45) is 5.92 Å². The first-order valence-corrected chi connectivity index (χ1v) is 9.81. The number of piperidine rings is 2. The zero-order valence-corrected chi connectivity index (χ0v) is 16.1. The smallest absolute Gasteiger partial charge is 0.227 e. The highest BCUT2D eigenvalue weighted by atomic mass is 16.2. The van der Waals surface area contributed by atoms with Crippen LogP contribution in [0.3, 0.4) is 0 Å². The predicted octanol–water partition coefficient (Wildman–Crippen LogP) is 2.02. The van der Waals surface area contributed by atoms with E-state index >= 15 is 0 Å². The van der Waals surface area contributed by atoms with Gasteiger partial charge < -0.3 is 14.7 Å². The second-order valence-electron chi connectivity index (χ2n) is 7.89. The molecule has 2 heterocycles. The lowest BCUT2D eigenvalue weighted by Gasteiger charge is -2.40. The van der Waals surface area contributed by atoms with Crippen LogP contribution in [-0.2, 0) is 16.0 Å². The molecule has 2 aliphatic heterocycles. The van der Waals surface area contributed by atoms with Crippen LogP contribution in [0, 0.1) is 5.92 Å². The number of amides is 2. The number of carbonyl (C=O) groups is 2. The third kappa shape index (κ3) is 4.64. The zero-order valence-electron chi connectivity index (χ0n) is 16.1. The fourth-order valence-corrected chi connectivity index (χ4v) is 4.12. The summed E-state index contributed by atoms with van der Waals surface area (Å²) in [6, 6.07) is 10.3. The maximum Gasteiger partial charge on any atom is 0.227 e. The molecule has 26 heavy (non-hydrogen) atoms. The maximum absolute atomic E-state index is 13.0. The van der Waals surface area contributed by atoms with Gasteiger partial charge in [0.25, 0.3) is 0 Å². The molecule has 0 spiro atoms. The fraction of sp³-hybridized carbons (Fsp3) is 0.619. The van der Waals surface area contributed by atoms with E-state index < -0.39 is 0 Å². The summed E-state index contributed by atoms with van der Waals surface area (Å²) in [6.07, 6.45) is 4.47. The standard InChI is InChI=1S/C21H31N3O2/c1-22(2)19-11-7-13-24(16-19)21(26)18-10-6-12-23(15-18)20(25)14-17-8-4-3-5-9-17/h3-5,8-9,18-19H,6-7,10-16H2,1-2H3. The van der Waals surface area contributed by atoms with Gasteiger partial charge in [-0.05, 0) is 45.3 Å². The van der Waals surface area contributed by atoms with Gasteiger partial charge in [-0.3, -0.25) is 9.59 Å². The average molecular weight is 357 g/mol. The Kier molecular flexibility index (Phi) is 6.30. The molecule has 2 atom stereocenters. The van der Waals surface area contributed by atoms with Gasteiger partial charge in [0.15, 0.2) is 0 Å². The van der Waals surface area contributed by atoms with Crippen molar-refractivity contribution in [1.82, 2.24) is 14.7 Å². The van der Waals surface area contributed by atoms with Crippen LogP contribution in [0.5, 0.6) is 0 Å². The minimum Gasteiger partial charge on any atom is -0.342 e. The van der Waals surface area contributed by atoms with Crippen molar-refractivity contribution >= 4 is 11.8 Å². The summed E-state index contributed by atoms with van der Waals surface area (Å²) in [5, 5.41) is 0. The first-order valence-electron chi connectivity index (χ1n) is 9.81. The highest BCUT2D eigenvalue weighted by molar-refractivity contribution is 5.82. The monoisotopic (exact) mass is 357 g/mol. The van der Waals surface area contributed by atoms with Gasteiger partial charge in [-0.25, -0.2) is 0 Å². The van der Waals surface area contributed by atoms with Crippen molar-refractivity contribution in [3.63, 3.8) is 0 Å². The molecule has 0 aromatic heterocycles. The van der Waals surface area contributed by atoms with E-state index in [0.29, 0.717) is 19.0 Å². The van der Waals surface area contributed by atoms with E-state index in [2.05, 4.69) is 19.0 Å². The van der Waals surface area contributed by atoms with Crippen LogP contribution in [0.1, 0.15) is 31.2 Å². The van der Waals surface area contributed by atoms with Crippen molar-refractivity contribution in [3.8, 4) is 0 Å². The second kappa shape index (κ2) is 8.67. The summed E-state index contributed by atoms with van der Waals surface area (Å²) in [5.74, 6) is 0.344. The molecule has 2 aliphatic rings. The molecule has 5 heteroatoms. The SMILES string of the molecule is CN(C)C1CCCN(C(=O)C2CCCN(C(=O)Cc3ccccc3)C2)C1. The molecule has 0 bridgehead atoms. The highest BCUT2D eigenvalue weighted by Gasteiger charge is 2.33. The number of carbonyl (C=O) groups excluding carboxylic acids is 2. The van der Waals surface area contributed by atoms with E-state index in [0.717, 1.165) is 50.9 Å². The van der Waals surface area contributed by atoms with Gasteiger partial charge in [0.05, 0.1) is 12.3 Å². The van der Waals surface area contributed by atoms with Crippen LogP contribution >= 0.6 is 0 Å². The van der Waals surface area contributed by atoms with Crippen LogP contribution in [-0.4, -0.2) is 72.8 Å². The Morgan fingerprint density at radius 1 is 1.00 bits per heavy atom. The molecule has 1 aromatic carbocycles. The minimum absolute atomic E-state index is 0.0376. The van der Waals surface area contributed by atoms with Crippen molar-refractivity contribution < 1.29 is 9.59 Å². The summed E-state index contributed by atoms with van der Waals surface area (Å²) in [4.78, 5) is 31.8. The number of rotatable bonds is 4. The highest BCUT2D eigenvalue weighted by Crippen LogP contribution is 2.23. The van der Waals surface area contributed by atoms with Gasteiger partial charge in [-0.1, -0.05) is 30.3 Å². The quantitative estimate of drug-likeness (QED) is 0.828. The summed E-state index contributed by atoms with van der Waals surface area (Å²) in [6.45, 7) is 3.03. The summed E-state index contributed by atoms with van der Waals surface area (Å²) < 4.78 is 0. The van der Waals surface area contributed by atoms with Gasteiger partial charge in [0.1, 0.15) is 0 Å². The summed E-state index contributed by atoms with van der Waals surface area (Å²) >= 11 is 0. The van der Waals surface area contributed by atoms with Crippen LogP contribution < -0.4 is 0 Å². The van der Waals surface area contributed by atoms with E-state index in [1.807, 2.05) is 40.1 Å². The first kappa shape index (κ1) is 18.9. The van der Waals surface area contributed by atoms with Gasteiger partial charge in [0.2, 0.25) is 11.8 Å². The molecule has 3 rings (SSSR count). The van der Waals surface area contributed by atoms with E-state index in [1.54, 1.807) is 0 Å². The number of likely N-dealkylation sites (N-methyl/N-ethyl adjacent to an activating group) is 1. The van der Waals surface area contributed by atoms with Gasteiger partial charge in [-0.15, -0.1) is 0 Å². The predicted molar refractivity (Wildman–Crippen MR) is 103 cm³/mol. The number of hydrogen-bond donors (Lipinski definition) is 0. The molecule has 2 amide bonds. The molecule has 142 valence electrons. The Morgan fingerprint density at radius 3 is 2.42 bits per heavy atom. The Hall–Kier alpha value is -1.88. The normalized spacial score (nSPS) is 24.0. The van der Waals surface area contributed by atoms with Crippen molar-refractivity contribution in [1.29, 1.82) is 0 Å². The van der Waals surface area contributed by atoms with Crippen molar-refractivity contribution in [2.45, 2.75) is 38.1 Å². The molecule has 0 aliphatic carbocycles. The van der Waals surface area contributed by atoms with Crippen molar-refractivity contribution in [3.05, 3.63) is 35.9 Å². The van der Waals surface area contributed by atoms with Crippen LogP contribution in [0.25, 0.3) is 0 Å². The largest absolute Gasteiger partial charge is 0.342 e.